The predicted molar refractivity (Wildman–Crippen MR) is 100 cm³/mol. The minimum atomic E-state index is -0.574. The first kappa shape index (κ1) is 16.8. The van der Waals surface area contributed by atoms with Gasteiger partial charge in [0.2, 0.25) is 0 Å². The molecule has 4 rings (SSSR count). The number of primary amides is 1. The molecular weight excluding hydrogens is 344 g/mol. The molecule has 0 spiro atoms. The van der Waals surface area contributed by atoms with Gasteiger partial charge < -0.3 is 16.0 Å². The number of imide groups is 1. The average Bonchev–Trinajstić information content (AvgIpc) is 3.18. The number of rotatable bonds is 5. The number of hydrogen-bond donors (Lipinski definition) is 3. The maximum absolute atomic E-state index is 12.5. The molecule has 1 aliphatic rings. The van der Waals surface area contributed by atoms with Crippen molar-refractivity contribution in [3.8, 4) is 0 Å². The highest BCUT2D eigenvalue weighted by Gasteiger charge is 2.34. The molecule has 0 saturated heterocycles. The quantitative estimate of drug-likeness (QED) is 0.605. The lowest BCUT2D eigenvalue weighted by atomic mass is 10.1. The second-order valence-electron chi connectivity index (χ2n) is 6.47. The van der Waals surface area contributed by atoms with E-state index < -0.39 is 6.03 Å². The molecule has 0 fully saturated rings. The molecule has 1 aromatic heterocycles. The van der Waals surface area contributed by atoms with E-state index in [4.69, 9.17) is 5.73 Å². The third-order valence-electron chi connectivity index (χ3n) is 4.78. The Morgan fingerprint density at radius 3 is 2.44 bits per heavy atom. The zero-order valence-corrected chi connectivity index (χ0v) is 14.5. The van der Waals surface area contributed by atoms with E-state index in [2.05, 4.69) is 10.3 Å². The van der Waals surface area contributed by atoms with Crippen molar-refractivity contribution in [1.29, 1.82) is 0 Å². The van der Waals surface area contributed by atoms with E-state index in [0.717, 1.165) is 22.0 Å². The van der Waals surface area contributed by atoms with Crippen LogP contribution >= 0.6 is 0 Å². The van der Waals surface area contributed by atoms with Gasteiger partial charge in [-0.1, -0.05) is 18.2 Å². The summed E-state index contributed by atoms with van der Waals surface area (Å²) in [6, 6.07) is 12.1. The Morgan fingerprint density at radius 2 is 1.78 bits per heavy atom. The van der Waals surface area contributed by atoms with Gasteiger partial charge >= 0.3 is 6.03 Å². The van der Waals surface area contributed by atoms with Gasteiger partial charge in [0.1, 0.15) is 0 Å². The summed E-state index contributed by atoms with van der Waals surface area (Å²) in [5, 5.41) is 3.56. The molecule has 4 amide bonds. The van der Waals surface area contributed by atoms with Crippen molar-refractivity contribution in [3.63, 3.8) is 0 Å². The van der Waals surface area contributed by atoms with Gasteiger partial charge in [0, 0.05) is 30.2 Å². The Labute approximate surface area is 155 Å². The molecule has 2 aromatic carbocycles. The third-order valence-corrected chi connectivity index (χ3v) is 4.78. The Hall–Kier alpha value is -3.61. The number of nitrogens with two attached hydrogens (primary N) is 1. The molecule has 0 unspecified atom stereocenters. The topological polar surface area (TPSA) is 108 Å². The number of nitrogens with zero attached hydrogens (tertiary/aromatic N) is 1. The molecule has 0 aliphatic carbocycles. The molecule has 0 atom stereocenters. The first-order chi connectivity index (χ1) is 13.0. The standard InChI is InChI=1S/C20H18N4O3/c21-20(27)23-10-12-5-6-17-16(9-12)13(11-22-17)7-8-24-18(25)14-3-1-2-4-15(14)19(24)26/h1-6,9,11,22H,7-8,10H2,(H3,21,23,27). The van der Waals surface area contributed by atoms with Crippen LogP contribution in [-0.4, -0.2) is 34.3 Å². The molecular formula is C20H18N4O3. The van der Waals surface area contributed by atoms with Gasteiger partial charge in [-0.05, 0) is 41.8 Å². The summed E-state index contributed by atoms with van der Waals surface area (Å²) in [7, 11) is 0. The molecule has 136 valence electrons. The second kappa shape index (κ2) is 6.60. The van der Waals surface area contributed by atoms with Crippen LogP contribution in [-0.2, 0) is 13.0 Å². The van der Waals surface area contributed by atoms with Gasteiger partial charge in [-0.2, -0.15) is 0 Å². The fraction of sp³-hybridized carbons (Fsp3) is 0.150. The predicted octanol–water partition coefficient (Wildman–Crippen LogP) is 2.17. The van der Waals surface area contributed by atoms with Gasteiger partial charge in [-0.25, -0.2) is 4.79 Å². The van der Waals surface area contributed by atoms with Gasteiger partial charge in [-0.15, -0.1) is 0 Å². The van der Waals surface area contributed by atoms with Gasteiger partial charge in [0.15, 0.2) is 0 Å². The minimum absolute atomic E-state index is 0.248. The van der Waals surface area contributed by atoms with E-state index in [1.165, 1.54) is 4.90 Å². The van der Waals surface area contributed by atoms with E-state index in [-0.39, 0.29) is 11.8 Å². The number of carbonyl (C=O) groups excluding carboxylic acids is 3. The number of benzene rings is 2. The van der Waals surface area contributed by atoms with Crippen molar-refractivity contribution in [2.45, 2.75) is 13.0 Å². The van der Waals surface area contributed by atoms with Crippen LogP contribution in [0.5, 0.6) is 0 Å². The summed E-state index contributed by atoms with van der Waals surface area (Å²) in [5.74, 6) is -0.497. The molecule has 0 bridgehead atoms. The van der Waals surface area contributed by atoms with Crippen LogP contribution in [0, 0.1) is 0 Å². The molecule has 2 heterocycles. The maximum atomic E-state index is 12.5. The van der Waals surface area contributed by atoms with Crippen molar-refractivity contribution >= 4 is 28.7 Å². The molecule has 7 heteroatoms. The zero-order valence-electron chi connectivity index (χ0n) is 14.5. The molecule has 7 nitrogen and oxygen atoms in total. The molecule has 4 N–H and O–H groups in total. The van der Waals surface area contributed by atoms with E-state index >= 15 is 0 Å². The first-order valence-corrected chi connectivity index (χ1v) is 8.62. The van der Waals surface area contributed by atoms with Crippen LogP contribution in [0.2, 0.25) is 0 Å². The van der Waals surface area contributed by atoms with Crippen LogP contribution in [0.25, 0.3) is 10.9 Å². The van der Waals surface area contributed by atoms with E-state index in [9.17, 15) is 14.4 Å². The SMILES string of the molecule is NC(=O)NCc1ccc2[nH]cc(CCN3C(=O)c4ccccc4C3=O)c2c1. The highest BCUT2D eigenvalue weighted by atomic mass is 16.2. The average molecular weight is 362 g/mol. The van der Waals surface area contributed by atoms with Crippen molar-refractivity contribution in [2.75, 3.05) is 6.54 Å². The number of carbonyl (C=O) groups is 3. The zero-order chi connectivity index (χ0) is 19.0. The second-order valence-corrected chi connectivity index (χ2v) is 6.47. The number of hydrogen-bond acceptors (Lipinski definition) is 3. The number of amides is 4. The molecule has 0 saturated carbocycles. The largest absolute Gasteiger partial charge is 0.361 e. The summed E-state index contributed by atoms with van der Waals surface area (Å²) < 4.78 is 0. The van der Waals surface area contributed by atoms with Crippen molar-refractivity contribution < 1.29 is 14.4 Å². The van der Waals surface area contributed by atoms with Crippen molar-refractivity contribution in [3.05, 3.63) is 70.9 Å². The van der Waals surface area contributed by atoms with E-state index in [1.807, 2.05) is 24.4 Å². The number of fused-ring (bicyclic) bond motifs is 2. The van der Waals surface area contributed by atoms with Crippen LogP contribution in [0.1, 0.15) is 31.8 Å². The summed E-state index contributed by atoms with van der Waals surface area (Å²) in [6.07, 6.45) is 2.42. The number of aromatic amines is 1. The highest BCUT2D eigenvalue weighted by Crippen LogP contribution is 2.25. The van der Waals surface area contributed by atoms with Crippen molar-refractivity contribution in [2.24, 2.45) is 5.73 Å². The van der Waals surface area contributed by atoms with Crippen LogP contribution in [0.3, 0.4) is 0 Å². The smallest absolute Gasteiger partial charge is 0.312 e. The third kappa shape index (κ3) is 3.03. The molecule has 1 aliphatic heterocycles. The lowest BCUT2D eigenvalue weighted by Gasteiger charge is -2.13. The minimum Gasteiger partial charge on any atom is -0.361 e. The number of urea groups is 1. The van der Waals surface area contributed by atoms with Crippen LogP contribution in [0.4, 0.5) is 4.79 Å². The van der Waals surface area contributed by atoms with E-state index in [0.29, 0.717) is 30.6 Å². The monoisotopic (exact) mass is 362 g/mol. The maximum Gasteiger partial charge on any atom is 0.312 e. The van der Waals surface area contributed by atoms with Gasteiger partial charge in [0.25, 0.3) is 11.8 Å². The van der Waals surface area contributed by atoms with Gasteiger partial charge in [0.05, 0.1) is 11.1 Å². The molecule has 3 aromatic rings. The lowest BCUT2D eigenvalue weighted by Crippen LogP contribution is -2.31. The summed E-state index contributed by atoms with van der Waals surface area (Å²) >= 11 is 0. The van der Waals surface area contributed by atoms with E-state index in [1.54, 1.807) is 24.3 Å². The normalized spacial score (nSPS) is 13.3. The summed E-state index contributed by atoms with van der Waals surface area (Å²) in [5.41, 5.74) is 8.91. The Kier molecular flexibility index (Phi) is 4.12. The van der Waals surface area contributed by atoms with Gasteiger partial charge in [-0.3, -0.25) is 14.5 Å². The number of H-pyrrole nitrogens is 1. The highest BCUT2D eigenvalue weighted by molar-refractivity contribution is 6.21. The Bertz CT molecular complexity index is 1040. The molecule has 27 heavy (non-hydrogen) atoms. The lowest BCUT2D eigenvalue weighted by molar-refractivity contribution is 0.0656. The van der Waals surface area contributed by atoms with Crippen LogP contribution < -0.4 is 11.1 Å². The number of aromatic nitrogens is 1. The molecule has 0 radical (unpaired) electrons. The van der Waals surface area contributed by atoms with Crippen molar-refractivity contribution in [1.82, 2.24) is 15.2 Å². The summed E-state index contributed by atoms with van der Waals surface area (Å²) in [4.78, 5) is 40.3. The van der Waals surface area contributed by atoms with Crippen LogP contribution in [0.15, 0.2) is 48.7 Å². The fourth-order valence-corrected chi connectivity index (χ4v) is 3.41. The first-order valence-electron chi connectivity index (χ1n) is 8.62. The number of nitrogens with one attached hydrogen (secondary N) is 2. The Morgan fingerprint density at radius 1 is 1.07 bits per heavy atom. The summed E-state index contributed by atoms with van der Waals surface area (Å²) in [6.45, 7) is 0.650. The fourth-order valence-electron chi connectivity index (χ4n) is 3.41. The Balaban J connectivity index is 1.52.